The molecule has 21 heavy (non-hydrogen) atoms. The van der Waals surface area contributed by atoms with Gasteiger partial charge in [-0.05, 0) is 48.1 Å². The quantitative estimate of drug-likeness (QED) is 0.792. The Bertz CT molecular complexity index is 329. The van der Waals surface area contributed by atoms with Gasteiger partial charge < -0.3 is 9.64 Å². The number of morpholine rings is 1. The van der Waals surface area contributed by atoms with E-state index in [1.54, 1.807) is 0 Å². The van der Waals surface area contributed by atoms with Gasteiger partial charge in [-0.1, -0.05) is 0 Å². The minimum atomic E-state index is 0.229. The zero-order chi connectivity index (χ0) is 15.7. The summed E-state index contributed by atoms with van der Waals surface area (Å²) in [5, 5.41) is 0. The maximum atomic E-state index is 6.07. The van der Waals surface area contributed by atoms with E-state index in [9.17, 15) is 0 Å². The second-order valence-corrected chi connectivity index (χ2v) is 8.42. The first-order chi connectivity index (χ1) is 9.68. The van der Waals surface area contributed by atoms with Crippen LogP contribution in [0.15, 0.2) is 0 Å². The van der Waals surface area contributed by atoms with Crippen LogP contribution in [-0.4, -0.2) is 84.8 Å². The fourth-order valence-electron chi connectivity index (χ4n) is 3.55. The number of rotatable bonds is 3. The molecule has 0 bridgehead atoms. The molecule has 2 fully saturated rings. The first-order valence-electron chi connectivity index (χ1n) is 8.49. The van der Waals surface area contributed by atoms with Gasteiger partial charge in [0.15, 0.2) is 0 Å². The number of hydrogen-bond acceptors (Lipinski definition) is 4. The second kappa shape index (κ2) is 6.53. The minimum Gasteiger partial charge on any atom is -0.375 e. The SMILES string of the molecule is CN1CCN(C(C)(C)CC2CN(C(C)(C)C)CCO2)CC1. The highest BCUT2D eigenvalue weighted by Gasteiger charge is 2.35. The standard InChI is InChI=1S/C17H35N3O/c1-16(2,3)20-11-12-21-15(14-20)13-17(4,5)19-9-7-18(6)8-10-19/h15H,7-14H2,1-6H3. The maximum absolute atomic E-state index is 6.07. The van der Waals surface area contributed by atoms with Crippen LogP contribution in [-0.2, 0) is 4.74 Å². The Labute approximate surface area is 131 Å². The Balaban J connectivity index is 1.90. The molecule has 0 aromatic carbocycles. The van der Waals surface area contributed by atoms with Crippen molar-refractivity contribution in [3.8, 4) is 0 Å². The predicted octanol–water partition coefficient (Wildman–Crippen LogP) is 1.90. The molecule has 0 N–H and O–H groups in total. The van der Waals surface area contributed by atoms with E-state index in [4.69, 9.17) is 4.74 Å². The third kappa shape index (κ3) is 4.65. The van der Waals surface area contributed by atoms with Gasteiger partial charge in [-0.25, -0.2) is 0 Å². The third-order valence-corrected chi connectivity index (χ3v) is 5.17. The number of ether oxygens (including phenoxy) is 1. The molecule has 0 radical (unpaired) electrons. The van der Waals surface area contributed by atoms with Crippen molar-refractivity contribution in [3.63, 3.8) is 0 Å². The van der Waals surface area contributed by atoms with Crippen LogP contribution in [0.1, 0.15) is 41.0 Å². The number of hydrogen-bond donors (Lipinski definition) is 0. The predicted molar refractivity (Wildman–Crippen MR) is 88.8 cm³/mol. The molecule has 2 heterocycles. The average Bonchev–Trinajstić information content (AvgIpc) is 2.38. The molecule has 2 saturated heterocycles. The molecule has 0 spiro atoms. The summed E-state index contributed by atoms with van der Waals surface area (Å²) in [5.41, 5.74) is 0.479. The van der Waals surface area contributed by atoms with Crippen molar-refractivity contribution in [2.75, 3.05) is 52.9 Å². The lowest BCUT2D eigenvalue weighted by atomic mass is 9.92. The normalized spacial score (nSPS) is 28.0. The molecule has 1 atom stereocenters. The lowest BCUT2D eigenvalue weighted by molar-refractivity contribution is -0.0814. The molecule has 0 saturated carbocycles. The molecule has 1 unspecified atom stereocenters. The molecule has 2 aliphatic heterocycles. The van der Waals surface area contributed by atoms with Gasteiger partial charge in [0, 0.05) is 50.3 Å². The Morgan fingerprint density at radius 3 is 2.10 bits per heavy atom. The van der Waals surface area contributed by atoms with Crippen LogP contribution < -0.4 is 0 Å². The topological polar surface area (TPSA) is 19.0 Å². The van der Waals surface area contributed by atoms with Crippen molar-refractivity contribution >= 4 is 0 Å². The Morgan fingerprint density at radius 2 is 1.52 bits per heavy atom. The van der Waals surface area contributed by atoms with Gasteiger partial charge in [0.05, 0.1) is 12.7 Å². The van der Waals surface area contributed by atoms with Crippen molar-refractivity contribution in [1.82, 2.24) is 14.7 Å². The van der Waals surface area contributed by atoms with Crippen LogP contribution in [0.4, 0.5) is 0 Å². The van der Waals surface area contributed by atoms with E-state index in [1.165, 1.54) is 26.2 Å². The van der Waals surface area contributed by atoms with Gasteiger partial charge in [-0.3, -0.25) is 9.80 Å². The van der Waals surface area contributed by atoms with Crippen molar-refractivity contribution < 1.29 is 4.74 Å². The fourth-order valence-corrected chi connectivity index (χ4v) is 3.55. The van der Waals surface area contributed by atoms with Gasteiger partial charge in [-0.15, -0.1) is 0 Å². The minimum absolute atomic E-state index is 0.229. The third-order valence-electron chi connectivity index (χ3n) is 5.17. The first-order valence-corrected chi connectivity index (χ1v) is 8.49. The Morgan fingerprint density at radius 1 is 0.905 bits per heavy atom. The number of piperazine rings is 1. The number of likely N-dealkylation sites (N-methyl/N-ethyl adjacent to an activating group) is 1. The van der Waals surface area contributed by atoms with Crippen LogP contribution in [0.25, 0.3) is 0 Å². The summed E-state index contributed by atoms with van der Waals surface area (Å²) in [6, 6.07) is 0. The summed E-state index contributed by atoms with van der Waals surface area (Å²) >= 11 is 0. The molecule has 4 nitrogen and oxygen atoms in total. The molecule has 124 valence electrons. The van der Waals surface area contributed by atoms with E-state index in [0.29, 0.717) is 6.10 Å². The van der Waals surface area contributed by atoms with E-state index in [1.807, 2.05) is 0 Å². The summed E-state index contributed by atoms with van der Waals surface area (Å²) in [5.74, 6) is 0. The highest BCUT2D eigenvalue weighted by molar-refractivity contribution is 4.91. The van der Waals surface area contributed by atoms with Gasteiger partial charge in [0.2, 0.25) is 0 Å². The lowest BCUT2D eigenvalue weighted by Crippen LogP contribution is -2.57. The van der Waals surface area contributed by atoms with E-state index in [0.717, 1.165) is 26.1 Å². The molecule has 2 rings (SSSR count). The van der Waals surface area contributed by atoms with Crippen LogP contribution in [0.2, 0.25) is 0 Å². The average molecular weight is 297 g/mol. The van der Waals surface area contributed by atoms with E-state index < -0.39 is 0 Å². The van der Waals surface area contributed by atoms with E-state index in [-0.39, 0.29) is 11.1 Å². The van der Waals surface area contributed by atoms with Crippen molar-refractivity contribution in [2.45, 2.75) is 58.2 Å². The van der Waals surface area contributed by atoms with Crippen LogP contribution in [0.5, 0.6) is 0 Å². The largest absolute Gasteiger partial charge is 0.375 e. The highest BCUT2D eigenvalue weighted by atomic mass is 16.5. The van der Waals surface area contributed by atoms with Crippen molar-refractivity contribution in [2.24, 2.45) is 0 Å². The molecule has 0 amide bonds. The van der Waals surface area contributed by atoms with Gasteiger partial charge in [0.1, 0.15) is 0 Å². The Kier molecular flexibility index (Phi) is 5.35. The molecule has 0 aliphatic carbocycles. The smallest absolute Gasteiger partial charge is 0.0720 e. The number of nitrogens with zero attached hydrogens (tertiary/aromatic N) is 3. The molecular formula is C17H35N3O. The van der Waals surface area contributed by atoms with Crippen LogP contribution in [0, 0.1) is 0 Å². The van der Waals surface area contributed by atoms with Crippen molar-refractivity contribution in [3.05, 3.63) is 0 Å². The molecule has 0 aromatic heterocycles. The first kappa shape index (κ1) is 17.2. The summed E-state index contributed by atoms with van der Waals surface area (Å²) in [7, 11) is 2.22. The summed E-state index contributed by atoms with van der Waals surface area (Å²) in [6.07, 6.45) is 1.50. The summed E-state index contributed by atoms with van der Waals surface area (Å²) < 4.78 is 6.07. The maximum Gasteiger partial charge on any atom is 0.0720 e. The zero-order valence-corrected chi connectivity index (χ0v) is 15.0. The molecule has 2 aliphatic rings. The highest BCUT2D eigenvalue weighted by Crippen LogP contribution is 2.27. The molecule has 0 aromatic rings. The lowest BCUT2D eigenvalue weighted by Gasteiger charge is -2.47. The summed E-state index contributed by atoms with van der Waals surface area (Å²) in [4.78, 5) is 7.64. The summed E-state index contributed by atoms with van der Waals surface area (Å²) in [6.45, 7) is 19.4. The molecule has 4 heteroatoms. The van der Waals surface area contributed by atoms with Gasteiger partial charge >= 0.3 is 0 Å². The van der Waals surface area contributed by atoms with Gasteiger partial charge in [0.25, 0.3) is 0 Å². The second-order valence-electron chi connectivity index (χ2n) is 8.42. The van der Waals surface area contributed by atoms with Gasteiger partial charge in [-0.2, -0.15) is 0 Å². The Hall–Kier alpha value is -0.160. The van der Waals surface area contributed by atoms with Crippen LogP contribution in [0.3, 0.4) is 0 Å². The fraction of sp³-hybridized carbons (Fsp3) is 1.00. The van der Waals surface area contributed by atoms with E-state index in [2.05, 4.69) is 56.4 Å². The van der Waals surface area contributed by atoms with E-state index >= 15 is 0 Å². The zero-order valence-electron chi connectivity index (χ0n) is 15.0. The monoisotopic (exact) mass is 297 g/mol. The molecular weight excluding hydrogens is 262 g/mol. The van der Waals surface area contributed by atoms with Crippen LogP contribution >= 0.6 is 0 Å². The van der Waals surface area contributed by atoms with Crippen molar-refractivity contribution in [1.29, 1.82) is 0 Å².